The summed E-state index contributed by atoms with van der Waals surface area (Å²) in [5.41, 5.74) is 3.83. The van der Waals surface area contributed by atoms with Gasteiger partial charge in [0, 0.05) is 14.8 Å². The van der Waals surface area contributed by atoms with Crippen molar-refractivity contribution in [2.45, 2.75) is 13.8 Å². The van der Waals surface area contributed by atoms with Gasteiger partial charge >= 0.3 is 0 Å². The highest BCUT2D eigenvalue weighted by molar-refractivity contribution is 14.1. The summed E-state index contributed by atoms with van der Waals surface area (Å²) in [6.07, 6.45) is 0. The van der Waals surface area contributed by atoms with E-state index in [1.165, 1.54) is 5.56 Å². The lowest BCUT2D eigenvalue weighted by Gasteiger charge is -2.10. The number of carbonyl (C=O) groups is 1. The van der Waals surface area contributed by atoms with Gasteiger partial charge in [0.25, 0.3) is 5.91 Å². The van der Waals surface area contributed by atoms with E-state index in [1.807, 2.05) is 56.3 Å². The quantitative estimate of drug-likeness (QED) is 0.809. The van der Waals surface area contributed by atoms with Gasteiger partial charge in [0.05, 0.1) is 0 Å². The maximum Gasteiger partial charge on any atom is 0.255 e. The number of nitrogens with one attached hydrogen (secondary N) is 1. The van der Waals surface area contributed by atoms with Crippen LogP contribution in [0.1, 0.15) is 21.5 Å². The van der Waals surface area contributed by atoms with Gasteiger partial charge in [-0.25, -0.2) is 0 Å². The Morgan fingerprint density at radius 2 is 1.72 bits per heavy atom. The van der Waals surface area contributed by atoms with Crippen LogP contribution in [-0.4, -0.2) is 5.91 Å². The maximum absolute atomic E-state index is 12.1. The average Bonchev–Trinajstić information content (AvgIpc) is 2.36. The Balaban J connectivity index is 2.21. The molecule has 2 aromatic carbocycles. The minimum absolute atomic E-state index is 0.0694. The molecule has 0 aliphatic rings. The molecule has 0 unspecified atom stereocenters. The Labute approximate surface area is 121 Å². The van der Waals surface area contributed by atoms with Gasteiger partial charge in [0.2, 0.25) is 0 Å². The van der Waals surface area contributed by atoms with Crippen LogP contribution in [0.25, 0.3) is 0 Å². The fourth-order valence-corrected chi connectivity index (χ4v) is 2.04. The largest absolute Gasteiger partial charge is 0.322 e. The number of carbonyl (C=O) groups excluding carboxylic acids is 1. The Kier molecular flexibility index (Phi) is 4.01. The van der Waals surface area contributed by atoms with E-state index in [-0.39, 0.29) is 5.91 Å². The molecular formula is C15H14INO. The molecule has 92 valence electrons. The number of rotatable bonds is 2. The predicted molar refractivity (Wildman–Crippen MR) is 83.0 cm³/mol. The van der Waals surface area contributed by atoms with Crippen molar-refractivity contribution in [3.63, 3.8) is 0 Å². The molecule has 0 atom stereocenters. The molecule has 1 amide bonds. The lowest BCUT2D eigenvalue weighted by molar-refractivity contribution is 0.102. The van der Waals surface area contributed by atoms with Crippen molar-refractivity contribution in [3.05, 3.63) is 62.7 Å². The molecule has 1 N–H and O–H groups in total. The van der Waals surface area contributed by atoms with Gasteiger partial charge in [-0.1, -0.05) is 12.1 Å². The van der Waals surface area contributed by atoms with Crippen LogP contribution in [0.3, 0.4) is 0 Å². The second-order valence-corrected chi connectivity index (χ2v) is 5.45. The molecular weight excluding hydrogens is 337 g/mol. The standard InChI is InChI=1S/C15H14INO/c1-10-4-3-5-14(11(10)2)17-15(18)12-6-8-13(16)9-7-12/h3-9H,1-2H3,(H,17,18). The highest BCUT2D eigenvalue weighted by Crippen LogP contribution is 2.19. The van der Waals surface area contributed by atoms with Gasteiger partial charge in [0.1, 0.15) is 0 Å². The van der Waals surface area contributed by atoms with E-state index in [9.17, 15) is 4.79 Å². The molecule has 18 heavy (non-hydrogen) atoms. The van der Waals surface area contributed by atoms with Gasteiger partial charge < -0.3 is 5.32 Å². The second kappa shape index (κ2) is 5.52. The van der Waals surface area contributed by atoms with Crippen molar-refractivity contribution in [2.24, 2.45) is 0 Å². The van der Waals surface area contributed by atoms with Crippen molar-refractivity contribution in [1.82, 2.24) is 0 Å². The third-order valence-electron chi connectivity index (χ3n) is 2.96. The SMILES string of the molecule is Cc1cccc(NC(=O)c2ccc(I)cc2)c1C. The summed E-state index contributed by atoms with van der Waals surface area (Å²) in [6, 6.07) is 13.4. The monoisotopic (exact) mass is 351 g/mol. The molecule has 0 fully saturated rings. The first kappa shape index (κ1) is 13.1. The van der Waals surface area contributed by atoms with Gasteiger partial charge in [0.15, 0.2) is 0 Å². The van der Waals surface area contributed by atoms with Crippen molar-refractivity contribution in [2.75, 3.05) is 5.32 Å². The number of halogens is 1. The number of aryl methyl sites for hydroxylation is 1. The van der Waals surface area contributed by atoms with Crippen LogP contribution in [-0.2, 0) is 0 Å². The number of anilines is 1. The van der Waals surface area contributed by atoms with E-state index >= 15 is 0 Å². The molecule has 0 radical (unpaired) electrons. The highest BCUT2D eigenvalue weighted by Gasteiger charge is 2.08. The third kappa shape index (κ3) is 2.90. The predicted octanol–water partition coefficient (Wildman–Crippen LogP) is 4.16. The van der Waals surface area contributed by atoms with Crippen molar-refractivity contribution < 1.29 is 4.79 Å². The number of hydrogen-bond acceptors (Lipinski definition) is 1. The van der Waals surface area contributed by atoms with E-state index in [0.717, 1.165) is 14.8 Å². The summed E-state index contributed by atoms with van der Waals surface area (Å²) in [5, 5.41) is 2.95. The summed E-state index contributed by atoms with van der Waals surface area (Å²) >= 11 is 2.22. The smallest absolute Gasteiger partial charge is 0.255 e. The topological polar surface area (TPSA) is 29.1 Å². The van der Waals surface area contributed by atoms with Crippen LogP contribution in [0.2, 0.25) is 0 Å². The van der Waals surface area contributed by atoms with E-state index in [2.05, 4.69) is 27.9 Å². The van der Waals surface area contributed by atoms with Crippen molar-refractivity contribution in [1.29, 1.82) is 0 Å². The molecule has 0 heterocycles. The molecule has 0 aliphatic carbocycles. The Bertz CT molecular complexity index is 576. The van der Waals surface area contributed by atoms with Crippen LogP contribution in [0.4, 0.5) is 5.69 Å². The van der Waals surface area contributed by atoms with E-state index in [1.54, 1.807) is 0 Å². The number of hydrogen-bond donors (Lipinski definition) is 1. The second-order valence-electron chi connectivity index (χ2n) is 4.21. The molecule has 3 heteroatoms. The number of amides is 1. The minimum atomic E-state index is -0.0694. The molecule has 0 aromatic heterocycles. The van der Waals surface area contributed by atoms with Crippen LogP contribution in [0, 0.1) is 17.4 Å². The van der Waals surface area contributed by atoms with Gasteiger partial charge in [-0.15, -0.1) is 0 Å². The Hall–Kier alpha value is -1.36. The Morgan fingerprint density at radius 3 is 2.39 bits per heavy atom. The number of benzene rings is 2. The average molecular weight is 351 g/mol. The molecule has 2 aromatic rings. The molecule has 0 bridgehead atoms. The summed E-state index contributed by atoms with van der Waals surface area (Å²) in [5.74, 6) is -0.0694. The van der Waals surface area contributed by atoms with Crippen molar-refractivity contribution >= 4 is 34.2 Å². The van der Waals surface area contributed by atoms with Crippen LogP contribution in [0.15, 0.2) is 42.5 Å². The van der Waals surface area contributed by atoms with Crippen LogP contribution >= 0.6 is 22.6 Å². The molecule has 0 saturated heterocycles. The van der Waals surface area contributed by atoms with Gasteiger partial charge in [-0.3, -0.25) is 4.79 Å². The van der Waals surface area contributed by atoms with Gasteiger partial charge in [-0.2, -0.15) is 0 Å². The first-order valence-electron chi connectivity index (χ1n) is 5.71. The van der Waals surface area contributed by atoms with Crippen LogP contribution in [0.5, 0.6) is 0 Å². The highest BCUT2D eigenvalue weighted by atomic mass is 127. The lowest BCUT2D eigenvalue weighted by atomic mass is 10.1. The van der Waals surface area contributed by atoms with E-state index in [4.69, 9.17) is 0 Å². The molecule has 2 nitrogen and oxygen atoms in total. The maximum atomic E-state index is 12.1. The summed E-state index contributed by atoms with van der Waals surface area (Å²) in [7, 11) is 0. The summed E-state index contributed by atoms with van der Waals surface area (Å²) < 4.78 is 1.12. The summed E-state index contributed by atoms with van der Waals surface area (Å²) in [6.45, 7) is 4.05. The fourth-order valence-electron chi connectivity index (χ4n) is 1.68. The zero-order chi connectivity index (χ0) is 13.1. The minimum Gasteiger partial charge on any atom is -0.322 e. The lowest BCUT2D eigenvalue weighted by Crippen LogP contribution is -2.12. The van der Waals surface area contributed by atoms with Crippen LogP contribution < -0.4 is 5.32 Å². The zero-order valence-corrected chi connectivity index (χ0v) is 12.5. The first-order valence-corrected chi connectivity index (χ1v) is 6.79. The molecule has 0 aliphatic heterocycles. The summed E-state index contributed by atoms with van der Waals surface area (Å²) in [4.78, 5) is 12.1. The zero-order valence-electron chi connectivity index (χ0n) is 10.3. The van der Waals surface area contributed by atoms with Crippen molar-refractivity contribution in [3.8, 4) is 0 Å². The molecule has 0 spiro atoms. The third-order valence-corrected chi connectivity index (χ3v) is 3.68. The normalized spacial score (nSPS) is 10.2. The molecule has 0 saturated carbocycles. The fraction of sp³-hybridized carbons (Fsp3) is 0.133. The first-order chi connectivity index (χ1) is 8.58. The molecule has 2 rings (SSSR count). The van der Waals surface area contributed by atoms with E-state index in [0.29, 0.717) is 5.56 Å². The Morgan fingerprint density at radius 1 is 1.06 bits per heavy atom. The van der Waals surface area contributed by atoms with Gasteiger partial charge in [-0.05, 0) is 77.9 Å². The van der Waals surface area contributed by atoms with E-state index < -0.39 is 0 Å².